The molecular formula is C18H15N5O. The van der Waals surface area contributed by atoms with E-state index in [0.29, 0.717) is 0 Å². The van der Waals surface area contributed by atoms with Crippen LogP contribution in [0.4, 0.5) is 0 Å². The number of nitrogens with zero attached hydrogens (tertiary/aromatic N) is 4. The van der Waals surface area contributed by atoms with E-state index in [-0.39, 0.29) is 18.1 Å². The number of H-pyrrole nitrogens is 1. The number of fused-ring (bicyclic) bond motifs is 3. The van der Waals surface area contributed by atoms with E-state index in [1.54, 1.807) is 4.68 Å². The summed E-state index contributed by atoms with van der Waals surface area (Å²) in [6.07, 6.45) is 10.5. The van der Waals surface area contributed by atoms with Crippen LogP contribution in [0.1, 0.15) is 12.0 Å². The van der Waals surface area contributed by atoms with Crippen molar-refractivity contribution in [1.82, 2.24) is 19.7 Å². The SMILES string of the molecule is Cn1cc(-c2c[nH]c3ncc(C4=CC5OC4CC5C#N)cc23)cn1. The lowest BCUT2D eigenvalue weighted by molar-refractivity contribution is 0.117. The van der Waals surface area contributed by atoms with Crippen molar-refractivity contribution in [1.29, 1.82) is 5.26 Å². The largest absolute Gasteiger partial charge is 0.365 e. The van der Waals surface area contributed by atoms with Crippen LogP contribution in [0.15, 0.2) is 36.9 Å². The van der Waals surface area contributed by atoms with Gasteiger partial charge in [0.1, 0.15) is 5.65 Å². The molecule has 6 heteroatoms. The van der Waals surface area contributed by atoms with Crippen LogP contribution in [0.3, 0.4) is 0 Å². The third kappa shape index (κ3) is 1.85. The first-order valence-electron chi connectivity index (χ1n) is 7.96. The Kier molecular flexibility index (Phi) is 2.70. The normalized spacial score (nSPS) is 25.2. The standard InChI is InChI=1S/C18H15N5O/c1-23-9-12(7-22-23)15-8-21-18-14(15)2-11(6-20-18)13-4-16-10(5-19)3-17(13)24-16/h2,4,6-10,16-17H,3H2,1H3,(H,20,21). The summed E-state index contributed by atoms with van der Waals surface area (Å²) >= 11 is 0. The highest BCUT2D eigenvalue weighted by Gasteiger charge is 2.42. The fourth-order valence-electron chi connectivity index (χ4n) is 3.71. The zero-order valence-corrected chi connectivity index (χ0v) is 13.1. The van der Waals surface area contributed by atoms with Crippen molar-refractivity contribution in [3.05, 3.63) is 42.5 Å². The molecule has 1 saturated heterocycles. The van der Waals surface area contributed by atoms with Crippen LogP contribution in [-0.2, 0) is 11.8 Å². The number of nitriles is 1. The van der Waals surface area contributed by atoms with Gasteiger partial charge in [0.15, 0.2) is 0 Å². The molecule has 24 heavy (non-hydrogen) atoms. The molecule has 2 bridgehead atoms. The number of aryl methyl sites for hydroxylation is 1. The van der Waals surface area contributed by atoms with Crippen LogP contribution in [-0.4, -0.2) is 32.0 Å². The summed E-state index contributed by atoms with van der Waals surface area (Å²) in [7, 11) is 1.91. The zero-order chi connectivity index (χ0) is 16.3. The summed E-state index contributed by atoms with van der Waals surface area (Å²) < 4.78 is 7.68. The van der Waals surface area contributed by atoms with E-state index in [9.17, 15) is 0 Å². The van der Waals surface area contributed by atoms with Crippen LogP contribution >= 0.6 is 0 Å². The van der Waals surface area contributed by atoms with Crippen molar-refractivity contribution in [3.63, 3.8) is 0 Å². The van der Waals surface area contributed by atoms with E-state index in [2.05, 4.69) is 33.3 Å². The Morgan fingerprint density at radius 1 is 1.38 bits per heavy atom. The second-order valence-corrected chi connectivity index (χ2v) is 6.41. The van der Waals surface area contributed by atoms with E-state index >= 15 is 0 Å². The molecule has 0 spiro atoms. The Morgan fingerprint density at radius 2 is 2.29 bits per heavy atom. The van der Waals surface area contributed by atoms with Gasteiger partial charge in [0, 0.05) is 42.2 Å². The molecule has 3 aromatic rings. The number of hydrogen-bond donors (Lipinski definition) is 1. The highest BCUT2D eigenvalue weighted by Crippen LogP contribution is 2.42. The Balaban J connectivity index is 1.60. The maximum atomic E-state index is 9.14. The molecule has 3 unspecified atom stereocenters. The van der Waals surface area contributed by atoms with Gasteiger partial charge in [-0.15, -0.1) is 0 Å². The molecule has 3 atom stereocenters. The van der Waals surface area contributed by atoms with Gasteiger partial charge >= 0.3 is 0 Å². The van der Waals surface area contributed by atoms with Gasteiger partial charge in [-0.2, -0.15) is 10.4 Å². The lowest BCUT2D eigenvalue weighted by Crippen LogP contribution is -2.12. The molecule has 0 radical (unpaired) electrons. The fourth-order valence-corrected chi connectivity index (χ4v) is 3.71. The highest BCUT2D eigenvalue weighted by molar-refractivity contribution is 5.95. The number of aromatic amines is 1. The minimum Gasteiger partial charge on any atom is -0.365 e. The van der Waals surface area contributed by atoms with Crippen LogP contribution in [0.5, 0.6) is 0 Å². The topological polar surface area (TPSA) is 79.5 Å². The highest BCUT2D eigenvalue weighted by atomic mass is 16.5. The Labute approximate surface area is 138 Å². The third-order valence-corrected chi connectivity index (χ3v) is 4.92. The molecular weight excluding hydrogens is 302 g/mol. The molecule has 3 aromatic heterocycles. The first kappa shape index (κ1) is 13.5. The molecule has 6 nitrogen and oxygen atoms in total. The zero-order valence-electron chi connectivity index (χ0n) is 13.1. The van der Waals surface area contributed by atoms with E-state index < -0.39 is 0 Å². The molecule has 5 rings (SSSR count). The maximum Gasteiger partial charge on any atom is 0.137 e. The number of ether oxygens (including phenoxy) is 1. The summed E-state index contributed by atoms with van der Waals surface area (Å²) in [5.41, 5.74) is 5.23. The van der Waals surface area contributed by atoms with Crippen molar-refractivity contribution in [2.75, 3.05) is 0 Å². The summed E-state index contributed by atoms with van der Waals surface area (Å²) in [5.74, 6) is -0.0198. The van der Waals surface area contributed by atoms with Gasteiger partial charge in [0.25, 0.3) is 0 Å². The molecule has 2 aliphatic heterocycles. The predicted octanol–water partition coefficient (Wildman–Crippen LogP) is 2.66. The number of pyridine rings is 1. The molecule has 0 aliphatic carbocycles. The number of aromatic nitrogens is 4. The minimum atomic E-state index is -0.0743. The molecule has 1 fully saturated rings. The molecule has 0 amide bonds. The lowest BCUT2D eigenvalue weighted by Gasteiger charge is -2.13. The maximum absolute atomic E-state index is 9.14. The lowest BCUT2D eigenvalue weighted by atomic mass is 9.87. The van der Waals surface area contributed by atoms with Gasteiger partial charge < -0.3 is 9.72 Å². The Morgan fingerprint density at radius 3 is 3.00 bits per heavy atom. The second-order valence-electron chi connectivity index (χ2n) is 6.41. The molecule has 0 aromatic carbocycles. The summed E-state index contributed by atoms with van der Waals surface area (Å²) in [6.45, 7) is 0. The van der Waals surface area contributed by atoms with E-state index in [4.69, 9.17) is 10.00 Å². The number of hydrogen-bond acceptors (Lipinski definition) is 4. The minimum absolute atomic E-state index is 0.0136. The van der Waals surface area contributed by atoms with Crippen LogP contribution in [0.25, 0.3) is 27.7 Å². The average Bonchev–Trinajstić information content (AvgIpc) is 3.35. The quantitative estimate of drug-likeness (QED) is 0.788. The second kappa shape index (κ2) is 4.79. The Bertz CT molecular complexity index is 1020. The Hall–Kier alpha value is -2.91. The molecule has 1 N–H and O–H groups in total. The van der Waals surface area contributed by atoms with Crippen LogP contribution in [0.2, 0.25) is 0 Å². The smallest absolute Gasteiger partial charge is 0.137 e. The van der Waals surface area contributed by atoms with Crippen LogP contribution < -0.4 is 0 Å². The summed E-state index contributed by atoms with van der Waals surface area (Å²) in [6, 6.07) is 4.48. The van der Waals surface area contributed by atoms with Crippen molar-refractivity contribution in [2.24, 2.45) is 13.0 Å². The van der Waals surface area contributed by atoms with Crippen LogP contribution in [0, 0.1) is 17.2 Å². The first-order chi connectivity index (χ1) is 11.7. The summed E-state index contributed by atoms with van der Waals surface area (Å²) in [4.78, 5) is 7.78. The van der Waals surface area contributed by atoms with E-state index in [1.807, 2.05) is 31.8 Å². The van der Waals surface area contributed by atoms with Crippen molar-refractivity contribution >= 4 is 16.6 Å². The van der Waals surface area contributed by atoms with Gasteiger partial charge in [0.2, 0.25) is 0 Å². The number of nitrogens with one attached hydrogen (secondary N) is 1. The summed E-state index contributed by atoms with van der Waals surface area (Å²) in [5, 5.41) is 14.5. The van der Waals surface area contributed by atoms with Gasteiger partial charge in [-0.1, -0.05) is 0 Å². The first-order valence-corrected chi connectivity index (χ1v) is 7.96. The third-order valence-electron chi connectivity index (χ3n) is 4.92. The monoisotopic (exact) mass is 317 g/mol. The van der Waals surface area contributed by atoms with Gasteiger partial charge in [-0.25, -0.2) is 4.98 Å². The van der Waals surface area contributed by atoms with Crippen molar-refractivity contribution < 1.29 is 4.74 Å². The fraction of sp³-hybridized carbons (Fsp3) is 0.278. The van der Waals surface area contributed by atoms with Crippen molar-refractivity contribution in [3.8, 4) is 17.2 Å². The predicted molar refractivity (Wildman–Crippen MR) is 88.7 cm³/mol. The average molecular weight is 317 g/mol. The molecule has 0 saturated carbocycles. The van der Waals surface area contributed by atoms with E-state index in [0.717, 1.165) is 39.7 Å². The molecule has 5 heterocycles. The van der Waals surface area contributed by atoms with Gasteiger partial charge in [-0.3, -0.25) is 4.68 Å². The van der Waals surface area contributed by atoms with Gasteiger partial charge in [0.05, 0.1) is 30.4 Å². The van der Waals surface area contributed by atoms with Gasteiger partial charge in [-0.05, 0) is 29.7 Å². The number of rotatable bonds is 2. The molecule has 118 valence electrons. The molecule has 2 aliphatic rings. The van der Waals surface area contributed by atoms with E-state index in [1.165, 1.54) is 0 Å². The van der Waals surface area contributed by atoms with Crippen molar-refractivity contribution in [2.45, 2.75) is 18.6 Å².